The van der Waals surface area contributed by atoms with Crippen LogP contribution in [-0.2, 0) is 4.79 Å². The van der Waals surface area contributed by atoms with E-state index in [1.165, 1.54) is 11.3 Å². The van der Waals surface area contributed by atoms with Crippen molar-refractivity contribution in [3.8, 4) is 0 Å². The molecule has 3 atom stereocenters. The van der Waals surface area contributed by atoms with E-state index in [0.29, 0.717) is 0 Å². The summed E-state index contributed by atoms with van der Waals surface area (Å²) in [6, 6.07) is -0.00833. The Morgan fingerprint density at radius 1 is 1.08 bits per heavy atom. The Hall–Kier alpha value is -1.36. The molecule has 0 aromatic heterocycles. The molecule has 0 bridgehead atoms. The minimum atomic E-state index is -0.674. The molecule has 0 aromatic carbocycles. The van der Waals surface area contributed by atoms with Crippen LogP contribution < -0.4 is 0 Å². The van der Waals surface area contributed by atoms with Crippen molar-refractivity contribution in [2.75, 3.05) is 13.1 Å². The summed E-state index contributed by atoms with van der Waals surface area (Å²) in [6.07, 6.45) is 2.72. The van der Waals surface area contributed by atoms with Crippen LogP contribution in [0.1, 0.15) is 67.7 Å². The Labute approximate surface area is 158 Å². The lowest BCUT2D eigenvalue weighted by Gasteiger charge is -2.43. The average Bonchev–Trinajstić information content (AvgIpc) is 3.09. The molecule has 2 fully saturated rings. The highest BCUT2D eigenvalue weighted by molar-refractivity contribution is 5.91. The van der Waals surface area contributed by atoms with Crippen LogP contribution in [0.5, 0.6) is 0 Å². The minimum absolute atomic E-state index is 0.0148. The highest BCUT2D eigenvalue weighted by Crippen LogP contribution is 2.45. The van der Waals surface area contributed by atoms with Crippen molar-refractivity contribution in [3.63, 3.8) is 0 Å². The number of aliphatic carboxylic acids is 1. The molecule has 0 aromatic rings. The molecular weight excluding hydrogens is 326 g/mol. The fourth-order valence-electron chi connectivity index (χ4n) is 5.12. The molecule has 146 valence electrons. The first-order valence-corrected chi connectivity index (χ1v) is 10.0. The van der Waals surface area contributed by atoms with Gasteiger partial charge in [0.1, 0.15) is 11.9 Å². The quantitative estimate of drug-likeness (QED) is 0.814. The van der Waals surface area contributed by atoms with Gasteiger partial charge in [-0.3, -0.25) is 14.7 Å². The van der Waals surface area contributed by atoms with Gasteiger partial charge >= 0.3 is 5.97 Å². The van der Waals surface area contributed by atoms with Gasteiger partial charge in [-0.1, -0.05) is 41.5 Å². The van der Waals surface area contributed by atoms with E-state index in [1.807, 2.05) is 0 Å². The summed E-state index contributed by atoms with van der Waals surface area (Å²) in [5.74, 6) is 0.481. The number of hydrogen-bond donors (Lipinski definition) is 1. The Morgan fingerprint density at radius 2 is 1.73 bits per heavy atom. The van der Waals surface area contributed by atoms with Crippen LogP contribution in [-0.4, -0.2) is 57.9 Å². The second kappa shape index (κ2) is 6.36. The van der Waals surface area contributed by atoms with E-state index < -0.39 is 5.97 Å². The van der Waals surface area contributed by atoms with E-state index >= 15 is 0 Å². The lowest BCUT2D eigenvalue weighted by molar-refractivity contribution is -0.142. The van der Waals surface area contributed by atoms with Gasteiger partial charge in [0, 0.05) is 17.7 Å². The van der Waals surface area contributed by atoms with Gasteiger partial charge in [0.15, 0.2) is 0 Å². The van der Waals surface area contributed by atoms with E-state index in [0.717, 1.165) is 38.2 Å². The predicted molar refractivity (Wildman–Crippen MR) is 105 cm³/mol. The van der Waals surface area contributed by atoms with Crippen LogP contribution >= 0.6 is 0 Å². The lowest BCUT2D eigenvalue weighted by atomic mass is 9.78. The minimum Gasteiger partial charge on any atom is -0.480 e. The molecule has 3 aliphatic heterocycles. The second-order valence-corrected chi connectivity index (χ2v) is 10.1. The third-order valence-corrected chi connectivity index (χ3v) is 5.96. The number of nitrogens with zero attached hydrogens (tertiary/aromatic N) is 3. The van der Waals surface area contributed by atoms with Gasteiger partial charge in [0.25, 0.3) is 0 Å². The number of hydrogen-bond acceptors (Lipinski definition) is 4. The molecule has 3 heterocycles. The van der Waals surface area contributed by atoms with Crippen molar-refractivity contribution >= 4 is 11.8 Å². The predicted octanol–water partition coefficient (Wildman–Crippen LogP) is 3.76. The molecule has 0 aliphatic carbocycles. The topological polar surface area (TPSA) is 56.1 Å². The average molecular weight is 362 g/mol. The summed E-state index contributed by atoms with van der Waals surface area (Å²) in [4.78, 5) is 21.6. The molecule has 1 unspecified atom stereocenters. The Bertz CT molecular complexity index is 651. The third kappa shape index (κ3) is 3.19. The summed E-state index contributed by atoms with van der Waals surface area (Å²) in [5.41, 5.74) is 2.72. The van der Waals surface area contributed by atoms with Crippen LogP contribution in [0.4, 0.5) is 0 Å². The Kier molecular flexibility index (Phi) is 4.75. The molecule has 0 radical (unpaired) electrons. The fourth-order valence-corrected chi connectivity index (χ4v) is 5.12. The molecule has 0 amide bonds. The first kappa shape index (κ1) is 19.4. The fraction of sp³-hybridized carbons (Fsp3) is 0.810. The number of fused-ring (bicyclic) bond motifs is 1. The van der Waals surface area contributed by atoms with E-state index in [4.69, 9.17) is 4.99 Å². The first-order chi connectivity index (χ1) is 11.9. The molecule has 5 nitrogen and oxygen atoms in total. The van der Waals surface area contributed by atoms with Gasteiger partial charge in [-0.2, -0.15) is 0 Å². The lowest BCUT2D eigenvalue weighted by Crippen LogP contribution is -2.48. The molecule has 5 heteroatoms. The van der Waals surface area contributed by atoms with Gasteiger partial charge < -0.3 is 10.0 Å². The highest BCUT2D eigenvalue weighted by atomic mass is 16.4. The third-order valence-electron chi connectivity index (χ3n) is 5.96. The van der Waals surface area contributed by atoms with E-state index in [1.54, 1.807) is 0 Å². The summed E-state index contributed by atoms with van der Waals surface area (Å²) in [7, 11) is 0. The molecule has 3 aliphatic rings. The van der Waals surface area contributed by atoms with Gasteiger partial charge in [-0.25, -0.2) is 0 Å². The summed E-state index contributed by atoms with van der Waals surface area (Å²) < 4.78 is 0. The number of rotatable bonds is 2. The normalized spacial score (nSPS) is 30.7. The summed E-state index contributed by atoms with van der Waals surface area (Å²) in [5, 5.41) is 9.70. The molecule has 3 rings (SSSR count). The molecule has 0 saturated carbocycles. The van der Waals surface area contributed by atoms with Crippen molar-refractivity contribution in [3.05, 3.63) is 11.3 Å². The van der Waals surface area contributed by atoms with Crippen LogP contribution in [0.25, 0.3) is 0 Å². The maximum absolute atomic E-state index is 11.8. The zero-order valence-corrected chi connectivity index (χ0v) is 17.5. The molecule has 2 saturated heterocycles. The van der Waals surface area contributed by atoms with Gasteiger partial charge in [-0.05, 0) is 43.7 Å². The molecule has 1 N–H and O–H groups in total. The zero-order chi connectivity index (χ0) is 19.4. The molecule has 0 spiro atoms. The number of carbonyl (C=O) groups is 1. The number of carboxylic acid groups (broad SMARTS) is 1. The maximum Gasteiger partial charge on any atom is 0.320 e. The van der Waals surface area contributed by atoms with Gasteiger partial charge in [-0.15, -0.1) is 0 Å². The summed E-state index contributed by atoms with van der Waals surface area (Å²) >= 11 is 0. The number of amidine groups is 1. The summed E-state index contributed by atoms with van der Waals surface area (Å²) in [6.45, 7) is 17.5. The van der Waals surface area contributed by atoms with Crippen molar-refractivity contribution in [1.29, 1.82) is 0 Å². The number of likely N-dealkylation sites (tertiary alicyclic amines) is 1. The Morgan fingerprint density at radius 3 is 2.27 bits per heavy atom. The number of carboxylic acids is 1. The first-order valence-electron chi connectivity index (χ1n) is 10.0. The SMILES string of the molecule is C[C@@H]1N=C(C(C)(C)C)N2CCC(N3CCC[C@H]3C(=O)O)C2=C1C(C)(C)C. The van der Waals surface area contributed by atoms with Crippen molar-refractivity contribution in [2.24, 2.45) is 15.8 Å². The highest BCUT2D eigenvalue weighted by Gasteiger charge is 2.48. The maximum atomic E-state index is 11.8. The van der Waals surface area contributed by atoms with E-state index in [9.17, 15) is 9.90 Å². The van der Waals surface area contributed by atoms with Crippen LogP contribution in [0.3, 0.4) is 0 Å². The largest absolute Gasteiger partial charge is 0.480 e. The second-order valence-electron chi connectivity index (χ2n) is 10.1. The van der Waals surface area contributed by atoms with E-state index in [2.05, 4.69) is 58.3 Å². The monoisotopic (exact) mass is 361 g/mol. The van der Waals surface area contributed by atoms with Crippen molar-refractivity contribution in [2.45, 2.75) is 85.9 Å². The van der Waals surface area contributed by atoms with Crippen LogP contribution in [0.15, 0.2) is 16.3 Å². The molecule has 26 heavy (non-hydrogen) atoms. The Balaban J connectivity index is 2.09. The standard InChI is InChI=1S/C21H35N3O2/c1-13-16(20(2,3)4)17-14(23-11-8-9-15(23)18(25)26)10-12-24(17)19(22-13)21(5,6)7/h13-15H,8-12H2,1-7H3,(H,25,26)/t13-,14?,15-/m0/s1. The van der Waals surface area contributed by atoms with Gasteiger partial charge in [0.05, 0.1) is 12.1 Å². The number of aliphatic imine (C=N–C) groups is 1. The van der Waals surface area contributed by atoms with Crippen molar-refractivity contribution < 1.29 is 9.90 Å². The van der Waals surface area contributed by atoms with Crippen LogP contribution in [0.2, 0.25) is 0 Å². The van der Waals surface area contributed by atoms with Gasteiger partial charge in [0.2, 0.25) is 0 Å². The smallest absolute Gasteiger partial charge is 0.320 e. The zero-order valence-electron chi connectivity index (χ0n) is 17.5. The van der Waals surface area contributed by atoms with Crippen LogP contribution in [0, 0.1) is 10.8 Å². The van der Waals surface area contributed by atoms with E-state index in [-0.39, 0.29) is 29.0 Å². The van der Waals surface area contributed by atoms with Crippen molar-refractivity contribution in [1.82, 2.24) is 9.80 Å². The molecular formula is C21H35N3O2.